The Bertz CT molecular complexity index is 557. The molecule has 1 atom stereocenters. The lowest BCUT2D eigenvalue weighted by atomic mass is 10.1. The molecule has 0 N–H and O–H groups in total. The fourth-order valence-corrected chi connectivity index (χ4v) is 3.14. The zero-order valence-electron chi connectivity index (χ0n) is 13.4. The predicted octanol–water partition coefficient (Wildman–Crippen LogP) is 1.26. The number of hydrogen-bond acceptors (Lipinski definition) is 4. The van der Waals surface area contributed by atoms with Gasteiger partial charge in [-0.3, -0.25) is 9.69 Å². The Labute approximate surface area is 132 Å². The van der Waals surface area contributed by atoms with Gasteiger partial charge in [0.2, 0.25) is 0 Å². The fourth-order valence-electron chi connectivity index (χ4n) is 3.14. The van der Waals surface area contributed by atoms with E-state index in [1.165, 1.54) is 0 Å². The van der Waals surface area contributed by atoms with Gasteiger partial charge < -0.3 is 4.90 Å². The zero-order chi connectivity index (χ0) is 15.5. The Morgan fingerprint density at radius 1 is 1.23 bits per heavy atom. The van der Waals surface area contributed by atoms with Gasteiger partial charge in [0.1, 0.15) is 0 Å². The van der Waals surface area contributed by atoms with Crippen LogP contribution in [0.1, 0.15) is 18.9 Å². The van der Waals surface area contributed by atoms with E-state index in [0.29, 0.717) is 19.1 Å². The maximum atomic E-state index is 12.5. The summed E-state index contributed by atoms with van der Waals surface area (Å²) >= 11 is 0. The number of hydrogen-bond donors (Lipinski definition) is 0. The van der Waals surface area contributed by atoms with Crippen LogP contribution >= 0.6 is 0 Å². The lowest BCUT2D eigenvalue weighted by Crippen LogP contribution is -2.53. The molecule has 118 valence electrons. The smallest absolute Gasteiger partial charge is 0.256 e. The number of hydrazone groups is 1. The Morgan fingerprint density at radius 3 is 2.73 bits per heavy atom. The fraction of sp³-hybridized carbons (Fsp3) is 0.529. The molecule has 3 rings (SSSR count). The van der Waals surface area contributed by atoms with Crippen molar-refractivity contribution < 1.29 is 4.79 Å². The van der Waals surface area contributed by atoms with Crippen LogP contribution in [0, 0.1) is 0 Å². The topological polar surface area (TPSA) is 39.1 Å². The van der Waals surface area contributed by atoms with Gasteiger partial charge in [-0.15, -0.1) is 0 Å². The Kier molecular flexibility index (Phi) is 4.55. The standard InChI is InChI=1S/C17H24N4O/c1-14-12-19(2)10-11-20(14)13-17(22)21-9-8-16(18-21)15-6-4-3-5-7-15/h3-7,14H,8-13H2,1-2H3/t14-/m0/s1. The first-order valence-corrected chi connectivity index (χ1v) is 7.99. The van der Waals surface area contributed by atoms with Crippen LogP contribution in [0.25, 0.3) is 0 Å². The molecular weight excluding hydrogens is 276 g/mol. The number of benzene rings is 1. The monoisotopic (exact) mass is 300 g/mol. The van der Waals surface area contributed by atoms with Crippen molar-refractivity contribution in [2.45, 2.75) is 19.4 Å². The van der Waals surface area contributed by atoms with Crippen LogP contribution in [0.4, 0.5) is 0 Å². The minimum absolute atomic E-state index is 0.113. The maximum Gasteiger partial charge on any atom is 0.256 e. The van der Waals surface area contributed by atoms with E-state index in [-0.39, 0.29) is 5.91 Å². The van der Waals surface area contributed by atoms with Crippen LogP contribution in [0.3, 0.4) is 0 Å². The van der Waals surface area contributed by atoms with Crippen LogP contribution in [0.5, 0.6) is 0 Å². The summed E-state index contributed by atoms with van der Waals surface area (Å²) in [6.45, 7) is 6.35. The number of rotatable bonds is 3. The molecule has 1 aromatic rings. The van der Waals surface area contributed by atoms with E-state index < -0.39 is 0 Å². The third-order valence-electron chi connectivity index (χ3n) is 4.50. The predicted molar refractivity (Wildman–Crippen MR) is 87.8 cm³/mol. The first-order valence-electron chi connectivity index (χ1n) is 7.99. The maximum absolute atomic E-state index is 12.5. The van der Waals surface area contributed by atoms with Crippen molar-refractivity contribution in [1.82, 2.24) is 14.8 Å². The Balaban J connectivity index is 1.61. The van der Waals surface area contributed by atoms with Crippen LogP contribution in [-0.2, 0) is 4.79 Å². The zero-order valence-corrected chi connectivity index (χ0v) is 13.4. The average Bonchev–Trinajstić information content (AvgIpc) is 3.01. The Morgan fingerprint density at radius 2 is 2.00 bits per heavy atom. The first kappa shape index (κ1) is 15.2. The molecule has 2 heterocycles. The second kappa shape index (κ2) is 6.58. The first-order chi connectivity index (χ1) is 10.6. The molecule has 0 unspecified atom stereocenters. The third kappa shape index (κ3) is 3.36. The number of piperazine rings is 1. The van der Waals surface area contributed by atoms with Crippen molar-refractivity contribution in [3.8, 4) is 0 Å². The van der Waals surface area contributed by atoms with E-state index in [1.807, 2.05) is 18.2 Å². The van der Waals surface area contributed by atoms with E-state index in [4.69, 9.17) is 0 Å². The molecule has 2 aliphatic rings. The van der Waals surface area contributed by atoms with E-state index in [9.17, 15) is 4.79 Å². The van der Waals surface area contributed by atoms with Crippen LogP contribution in [-0.4, -0.2) is 72.2 Å². The van der Waals surface area contributed by atoms with Gasteiger partial charge in [0.15, 0.2) is 0 Å². The number of nitrogens with zero attached hydrogens (tertiary/aromatic N) is 4. The molecule has 5 heteroatoms. The summed E-state index contributed by atoms with van der Waals surface area (Å²) in [7, 11) is 2.13. The summed E-state index contributed by atoms with van der Waals surface area (Å²) in [6, 6.07) is 10.5. The quantitative estimate of drug-likeness (QED) is 0.843. The second-order valence-electron chi connectivity index (χ2n) is 6.26. The normalized spacial score (nSPS) is 23.6. The van der Waals surface area contributed by atoms with Gasteiger partial charge in [0.25, 0.3) is 5.91 Å². The van der Waals surface area contributed by atoms with Crippen molar-refractivity contribution in [3.63, 3.8) is 0 Å². The van der Waals surface area contributed by atoms with Gasteiger partial charge in [-0.05, 0) is 19.5 Å². The number of carbonyl (C=O) groups is 1. The summed E-state index contributed by atoms with van der Waals surface area (Å²) in [5.41, 5.74) is 2.13. The summed E-state index contributed by atoms with van der Waals surface area (Å²) in [5.74, 6) is 0.113. The molecule has 0 aliphatic carbocycles. The highest BCUT2D eigenvalue weighted by atomic mass is 16.2. The van der Waals surface area contributed by atoms with Crippen molar-refractivity contribution >= 4 is 11.6 Å². The van der Waals surface area contributed by atoms with Gasteiger partial charge in [0.05, 0.1) is 18.8 Å². The van der Waals surface area contributed by atoms with E-state index in [1.54, 1.807) is 5.01 Å². The van der Waals surface area contributed by atoms with Crippen molar-refractivity contribution in [3.05, 3.63) is 35.9 Å². The number of carbonyl (C=O) groups excluding carboxylic acids is 1. The highest BCUT2D eigenvalue weighted by Gasteiger charge is 2.27. The van der Waals surface area contributed by atoms with Gasteiger partial charge in [-0.1, -0.05) is 30.3 Å². The largest absolute Gasteiger partial charge is 0.304 e. The van der Waals surface area contributed by atoms with E-state index in [0.717, 1.165) is 37.3 Å². The summed E-state index contributed by atoms with van der Waals surface area (Å²) in [6.07, 6.45) is 0.841. The minimum atomic E-state index is 0.113. The van der Waals surface area contributed by atoms with Gasteiger partial charge >= 0.3 is 0 Å². The molecule has 1 amide bonds. The molecule has 22 heavy (non-hydrogen) atoms. The highest BCUT2D eigenvalue weighted by molar-refractivity contribution is 6.02. The van der Waals surface area contributed by atoms with Gasteiger partial charge in [-0.25, -0.2) is 5.01 Å². The highest BCUT2D eigenvalue weighted by Crippen LogP contribution is 2.15. The molecule has 1 saturated heterocycles. The molecule has 1 aromatic carbocycles. The molecule has 5 nitrogen and oxygen atoms in total. The van der Waals surface area contributed by atoms with Gasteiger partial charge in [-0.2, -0.15) is 5.10 Å². The molecule has 0 aromatic heterocycles. The molecule has 0 radical (unpaired) electrons. The summed E-state index contributed by atoms with van der Waals surface area (Å²) in [5, 5.41) is 6.17. The average molecular weight is 300 g/mol. The van der Waals surface area contributed by atoms with E-state index in [2.05, 4.69) is 41.0 Å². The van der Waals surface area contributed by atoms with Gasteiger partial charge in [0, 0.05) is 32.1 Å². The lowest BCUT2D eigenvalue weighted by Gasteiger charge is -2.38. The number of likely N-dealkylation sites (N-methyl/N-ethyl adjacent to an activating group) is 1. The summed E-state index contributed by atoms with van der Waals surface area (Å²) in [4.78, 5) is 17.1. The Hall–Kier alpha value is -1.72. The van der Waals surface area contributed by atoms with E-state index >= 15 is 0 Å². The minimum Gasteiger partial charge on any atom is -0.304 e. The van der Waals surface area contributed by atoms with Crippen LogP contribution in [0.15, 0.2) is 35.4 Å². The molecule has 0 spiro atoms. The molecule has 2 aliphatic heterocycles. The van der Waals surface area contributed by atoms with Crippen molar-refractivity contribution in [2.24, 2.45) is 5.10 Å². The van der Waals surface area contributed by atoms with Crippen LogP contribution < -0.4 is 0 Å². The molecule has 0 bridgehead atoms. The molecule has 1 fully saturated rings. The van der Waals surface area contributed by atoms with Crippen molar-refractivity contribution in [2.75, 3.05) is 39.8 Å². The lowest BCUT2D eigenvalue weighted by molar-refractivity contribution is -0.133. The third-order valence-corrected chi connectivity index (χ3v) is 4.50. The second-order valence-corrected chi connectivity index (χ2v) is 6.26. The molecule has 0 saturated carbocycles. The molecular formula is C17H24N4O. The van der Waals surface area contributed by atoms with Crippen molar-refractivity contribution in [1.29, 1.82) is 0 Å². The summed E-state index contributed by atoms with van der Waals surface area (Å²) < 4.78 is 0. The number of amides is 1. The van der Waals surface area contributed by atoms with Crippen LogP contribution in [0.2, 0.25) is 0 Å². The SMILES string of the molecule is C[C@H]1CN(C)CCN1CC(=O)N1CCC(c2ccccc2)=N1.